The van der Waals surface area contributed by atoms with Crippen molar-refractivity contribution in [3.05, 3.63) is 29.6 Å². The molecular formula is C14H19ClN6O. The van der Waals surface area contributed by atoms with Gasteiger partial charge in [0.1, 0.15) is 0 Å². The number of nitrogens with zero attached hydrogens (tertiary/aromatic N) is 6. The molecule has 0 radical (unpaired) electrons. The number of piperazine rings is 1. The molecular weight excluding hydrogens is 304 g/mol. The lowest BCUT2D eigenvalue weighted by molar-refractivity contribution is 0.0798. The molecule has 1 aromatic heterocycles. The van der Waals surface area contributed by atoms with Crippen LogP contribution in [0.1, 0.15) is 6.42 Å². The van der Waals surface area contributed by atoms with E-state index in [2.05, 4.69) is 37.3 Å². The Kier molecular flexibility index (Phi) is 4.66. The molecule has 0 amide bonds. The van der Waals surface area contributed by atoms with Crippen molar-refractivity contribution in [2.24, 2.45) is 10.2 Å². The maximum Gasteiger partial charge on any atom is 0.243 e. The van der Waals surface area contributed by atoms with Gasteiger partial charge in [0.15, 0.2) is 5.15 Å². The quantitative estimate of drug-likeness (QED) is 0.827. The van der Waals surface area contributed by atoms with Crippen LogP contribution in [0.5, 0.6) is 5.88 Å². The Morgan fingerprint density at radius 2 is 2.05 bits per heavy atom. The largest absolute Gasteiger partial charge is 0.442 e. The zero-order chi connectivity index (χ0) is 15.4. The molecule has 1 atom stereocenters. The first-order valence-corrected chi connectivity index (χ1v) is 7.72. The third-order valence-corrected chi connectivity index (χ3v) is 4.10. The number of azo groups is 1. The molecule has 1 aromatic rings. The summed E-state index contributed by atoms with van der Waals surface area (Å²) in [6, 6.07) is 3.34. The zero-order valence-electron chi connectivity index (χ0n) is 12.5. The molecule has 1 saturated heterocycles. The fraction of sp³-hybridized carbons (Fsp3) is 0.571. The number of hydrogen-bond acceptors (Lipinski definition) is 7. The summed E-state index contributed by atoms with van der Waals surface area (Å²) in [4.78, 5) is 4.75. The molecule has 0 bridgehead atoms. The Bertz CT molecular complexity index is 541. The fourth-order valence-corrected chi connectivity index (χ4v) is 2.58. The third kappa shape index (κ3) is 3.79. The molecule has 118 valence electrons. The van der Waals surface area contributed by atoms with Crippen molar-refractivity contribution >= 4 is 11.6 Å². The first-order valence-electron chi connectivity index (χ1n) is 7.34. The fourth-order valence-electron chi connectivity index (χ4n) is 2.48. The minimum absolute atomic E-state index is 0.336. The summed E-state index contributed by atoms with van der Waals surface area (Å²) >= 11 is 5.74. The highest BCUT2D eigenvalue weighted by Gasteiger charge is 2.33. The standard InChI is InChI=1S/C14H19ClN6O/c1-20-8-10-21(11-9-20)7-5-14(4-6-16-19-14)22-13-3-2-12(15)17-18-13/h2-4,6H,5,7-11H2,1H3. The van der Waals surface area contributed by atoms with E-state index in [1.54, 1.807) is 18.3 Å². The number of ether oxygens (including phenoxy) is 1. The molecule has 0 N–H and O–H groups in total. The van der Waals surface area contributed by atoms with Crippen molar-refractivity contribution in [2.75, 3.05) is 39.8 Å². The van der Waals surface area contributed by atoms with E-state index in [0.717, 1.165) is 39.1 Å². The van der Waals surface area contributed by atoms with Crippen molar-refractivity contribution in [3.63, 3.8) is 0 Å². The molecule has 0 saturated carbocycles. The molecule has 1 fully saturated rings. The first-order chi connectivity index (χ1) is 10.7. The molecule has 7 nitrogen and oxygen atoms in total. The van der Waals surface area contributed by atoms with E-state index in [4.69, 9.17) is 16.3 Å². The van der Waals surface area contributed by atoms with E-state index in [9.17, 15) is 0 Å². The van der Waals surface area contributed by atoms with Crippen LogP contribution in [0.3, 0.4) is 0 Å². The summed E-state index contributed by atoms with van der Waals surface area (Å²) < 4.78 is 5.91. The Morgan fingerprint density at radius 1 is 1.23 bits per heavy atom. The van der Waals surface area contributed by atoms with Gasteiger partial charge in [-0.2, -0.15) is 5.11 Å². The van der Waals surface area contributed by atoms with Gasteiger partial charge in [-0.3, -0.25) is 0 Å². The monoisotopic (exact) mass is 322 g/mol. The van der Waals surface area contributed by atoms with Crippen LogP contribution in [0.4, 0.5) is 0 Å². The van der Waals surface area contributed by atoms with Gasteiger partial charge in [0.05, 0.1) is 6.20 Å². The number of halogens is 1. The van der Waals surface area contributed by atoms with Crippen molar-refractivity contribution in [1.82, 2.24) is 20.0 Å². The average Bonchev–Trinajstić information content (AvgIpc) is 2.98. The van der Waals surface area contributed by atoms with Gasteiger partial charge in [-0.1, -0.05) is 11.6 Å². The first kappa shape index (κ1) is 15.3. The minimum Gasteiger partial charge on any atom is -0.442 e. The lowest BCUT2D eigenvalue weighted by Gasteiger charge is -2.34. The molecule has 8 heteroatoms. The highest BCUT2D eigenvalue weighted by Crippen LogP contribution is 2.27. The Hall–Kier alpha value is -1.57. The maximum absolute atomic E-state index is 5.91. The Labute approximate surface area is 134 Å². The predicted octanol–water partition coefficient (Wildman–Crippen LogP) is 1.82. The van der Waals surface area contributed by atoms with Crippen LogP contribution in [0.15, 0.2) is 34.6 Å². The van der Waals surface area contributed by atoms with Crippen LogP contribution >= 0.6 is 11.6 Å². The van der Waals surface area contributed by atoms with Crippen LogP contribution in [-0.2, 0) is 0 Å². The summed E-state index contributed by atoms with van der Waals surface area (Å²) in [5.41, 5.74) is -0.786. The molecule has 2 aliphatic heterocycles. The smallest absolute Gasteiger partial charge is 0.243 e. The molecule has 3 rings (SSSR count). The van der Waals surface area contributed by atoms with Crippen LogP contribution in [0.25, 0.3) is 0 Å². The van der Waals surface area contributed by atoms with Crippen molar-refractivity contribution in [1.29, 1.82) is 0 Å². The Balaban J connectivity index is 1.61. The number of rotatable bonds is 5. The molecule has 2 aliphatic rings. The molecule has 0 aromatic carbocycles. The summed E-state index contributed by atoms with van der Waals surface area (Å²) in [6.45, 7) is 5.21. The summed E-state index contributed by atoms with van der Waals surface area (Å²) in [5, 5.41) is 16.2. The minimum atomic E-state index is -0.786. The molecule has 0 aliphatic carbocycles. The third-order valence-electron chi connectivity index (χ3n) is 3.90. The van der Waals surface area contributed by atoms with Gasteiger partial charge in [0.2, 0.25) is 11.6 Å². The van der Waals surface area contributed by atoms with E-state index >= 15 is 0 Å². The van der Waals surface area contributed by atoms with E-state index in [1.807, 2.05) is 6.08 Å². The Morgan fingerprint density at radius 3 is 2.68 bits per heavy atom. The van der Waals surface area contributed by atoms with E-state index in [-0.39, 0.29) is 0 Å². The van der Waals surface area contributed by atoms with Crippen LogP contribution in [0, 0.1) is 0 Å². The van der Waals surface area contributed by atoms with E-state index in [1.165, 1.54) is 0 Å². The lowest BCUT2D eigenvalue weighted by atomic mass is 10.1. The van der Waals surface area contributed by atoms with Crippen molar-refractivity contribution in [2.45, 2.75) is 12.1 Å². The highest BCUT2D eigenvalue weighted by molar-refractivity contribution is 6.29. The molecule has 3 heterocycles. The van der Waals surface area contributed by atoms with Gasteiger partial charge in [0, 0.05) is 51.3 Å². The van der Waals surface area contributed by atoms with Crippen LogP contribution in [-0.4, -0.2) is 65.5 Å². The number of hydrogen-bond donors (Lipinski definition) is 0. The van der Waals surface area contributed by atoms with Gasteiger partial charge in [-0.25, -0.2) is 0 Å². The average molecular weight is 323 g/mol. The highest BCUT2D eigenvalue weighted by atomic mass is 35.5. The van der Waals surface area contributed by atoms with Crippen molar-refractivity contribution < 1.29 is 4.74 Å². The van der Waals surface area contributed by atoms with Gasteiger partial charge in [-0.15, -0.1) is 15.3 Å². The van der Waals surface area contributed by atoms with E-state index < -0.39 is 5.72 Å². The lowest BCUT2D eigenvalue weighted by Crippen LogP contribution is -2.46. The summed E-state index contributed by atoms with van der Waals surface area (Å²) in [6.07, 6.45) is 4.24. The number of likely N-dealkylation sites (N-methyl/N-ethyl adjacent to an activating group) is 1. The van der Waals surface area contributed by atoms with Crippen molar-refractivity contribution in [3.8, 4) is 5.88 Å². The van der Waals surface area contributed by atoms with Gasteiger partial charge < -0.3 is 14.5 Å². The number of aromatic nitrogens is 2. The molecule has 0 spiro atoms. The van der Waals surface area contributed by atoms with Crippen LogP contribution < -0.4 is 4.74 Å². The SMILES string of the molecule is CN1CCN(CCC2(Oc3ccc(Cl)nn3)C=CN=N2)CC1. The summed E-state index contributed by atoms with van der Waals surface area (Å²) in [7, 11) is 2.15. The second kappa shape index (κ2) is 6.68. The van der Waals surface area contributed by atoms with Gasteiger partial charge in [0.25, 0.3) is 0 Å². The molecule has 22 heavy (non-hydrogen) atoms. The second-order valence-corrected chi connectivity index (χ2v) is 5.95. The van der Waals surface area contributed by atoms with Gasteiger partial charge >= 0.3 is 0 Å². The van der Waals surface area contributed by atoms with E-state index in [0.29, 0.717) is 11.0 Å². The zero-order valence-corrected chi connectivity index (χ0v) is 13.3. The second-order valence-electron chi connectivity index (χ2n) is 5.57. The topological polar surface area (TPSA) is 66.2 Å². The van der Waals surface area contributed by atoms with Crippen LogP contribution in [0.2, 0.25) is 5.15 Å². The predicted molar refractivity (Wildman–Crippen MR) is 83.0 cm³/mol. The van der Waals surface area contributed by atoms with Gasteiger partial charge in [-0.05, 0) is 13.1 Å². The summed E-state index contributed by atoms with van der Waals surface area (Å²) in [5.74, 6) is 0.397. The normalized spacial score (nSPS) is 25.7. The molecule has 1 unspecified atom stereocenters. The maximum atomic E-state index is 5.91.